The van der Waals surface area contributed by atoms with Crippen molar-refractivity contribution in [2.24, 2.45) is 0 Å². The number of anilines is 1. The van der Waals surface area contributed by atoms with Crippen LogP contribution in [0.1, 0.15) is 5.56 Å². The second kappa shape index (κ2) is 6.10. The molecule has 0 atom stereocenters. The molecule has 1 N–H and O–H groups in total. The van der Waals surface area contributed by atoms with Crippen molar-refractivity contribution < 1.29 is 21.6 Å². The molecule has 0 fully saturated rings. The first kappa shape index (κ1) is 17.1. The zero-order valence-electron chi connectivity index (χ0n) is 10.7. The zero-order chi connectivity index (χ0) is 16.5. The van der Waals surface area contributed by atoms with E-state index >= 15 is 0 Å². The highest BCUT2D eigenvalue weighted by Crippen LogP contribution is 2.36. The number of rotatable bonds is 3. The number of sulfonamides is 1. The normalized spacial score (nSPS) is 12.2. The average molecular weight is 415 g/mol. The standard InChI is InChI=1S/C13H8BrClF3NO2S/c14-8-5-6-12(10(15)7-8)22(20,21)19-11-4-2-1-3-9(11)13(16,17)18/h1-7,19H. The van der Waals surface area contributed by atoms with Crippen LogP contribution in [0.2, 0.25) is 5.02 Å². The quantitative estimate of drug-likeness (QED) is 0.775. The Kier molecular flexibility index (Phi) is 4.74. The number of nitrogens with one attached hydrogen (secondary N) is 1. The van der Waals surface area contributed by atoms with Crippen molar-refractivity contribution in [2.45, 2.75) is 11.1 Å². The van der Waals surface area contributed by atoms with Crippen molar-refractivity contribution >= 4 is 43.2 Å². The van der Waals surface area contributed by atoms with E-state index in [9.17, 15) is 21.6 Å². The van der Waals surface area contributed by atoms with Crippen LogP contribution in [0.15, 0.2) is 51.8 Å². The molecule has 22 heavy (non-hydrogen) atoms. The lowest BCUT2D eigenvalue weighted by Gasteiger charge is -2.15. The summed E-state index contributed by atoms with van der Waals surface area (Å²) in [4.78, 5) is -0.311. The number of halogens is 5. The second-order valence-corrected chi connectivity index (χ2v) is 7.20. The molecule has 0 amide bonds. The minimum absolute atomic E-state index is 0.105. The van der Waals surface area contributed by atoms with Crippen molar-refractivity contribution in [1.29, 1.82) is 0 Å². The molecule has 2 aromatic carbocycles. The average Bonchev–Trinajstić information content (AvgIpc) is 2.36. The highest BCUT2D eigenvalue weighted by Gasteiger charge is 2.34. The van der Waals surface area contributed by atoms with Crippen LogP contribution in [0.5, 0.6) is 0 Å². The fourth-order valence-corrected chi connectivity index (χ4v) is 3.83. The lowest BCUT2D eigenvalue weighted by Crippen LogP contribution is -2.17. The first-order valence-corrected chi connectivity index (χ1v) is 8.41. The van der Waals surface area contributed by atoms with E-state index < -0.39 is 27.5 Å². The molecule has 0 saturated heterocycles. The zero-order valence-corrected chi connectivity index (χ0v) is 13.8. The van der Waals surface area contributed by atoms with Gasteiger partial charge in [-0.25, -0.2) is 8.42 Å². The van der Waals surface area contributed by atoms with E-state index in [-0.39, 0.29) is 9.92 Å². The number of benzene rings is 2. The summed E-state index contributed by atoms with van der Waals surface area (Å²) in [7, 11) is -4.25. The molecule has 0 heterocycles. The van der Waals surface area contributed by atoms with Crippen LogP contribution in [0.25, 0.3) is 0 Å². The maximum Gasteiger partial charge on any atom is 0.418 e. The van der Waals surface area contributed by atoms with E-state index in [2.05, 4.69) is 15.9 Å². The number of alkyl halides is 3. The Morgan fingerprint density at radius 2 is 1.73 bits per heavy atom. The summed E-state index contributed by atoms with van der Waals surface area (Å²) in [6, 6.07) is 8.27. The lowest BCUT2D eigenvalue weighted by molar-refractivity contribution is -0.136. The van der Waals surface area contributed by atoms with Gasteiger partial charge in [-0.1, -0.05) is 39.7 Å². The third kappa shape index (κ3) is 3.74. The topological polar surface area (TPSA) is 46.2 Å². The van der Waals surface area contributed by atoms with Gasteiger partial charge in [0.15, 0.2) is 0 Å². The highest BCUT2D eigenvalue weighted by molar-refractivity contribution is 9.10. The largest absolute Gasteiger partial charge is 0.418 e. The Morgan fingerprint density at radius 3 is 2.32 bits per heavy atom. The molecule has 2 aromatic rings. The lowest BCUT2D eigenvalue weighted by atomic mass is 10.2. The first-order valence-electron chi connectivity index (χ1n) is 5.75. The summed E-state index contributed by atoms with van der Waals surface area (Å²) in [6.07, 6.45) is -4.68. The molecule has 9 heteroatoms. The third-order valence-electron chi connectivity index (χ3n) is 2.66. The van der Waals surface area contributed by atoms with E-state index in [1.54, 1.807) is 0 Å². The molecule has 118 valence electrons. The SMILES string of the molecule is O=S(=O)(Nc1ccccc1C(F)(F)F)c1ccc(Br)cc1Cl. The first-order chi connectivity index (χ1) is 10.1. The highest BCUT2D eigenvalue weighted by atomic mass is 79.9. The van der Waals surface area contributed by atoms with Gasteiger partial charge in [0.2, 0.25) is 0 Å². The monoisotopic (exact) mass is 413 g/mol. The van der Waals surface area contributed by atoms with Gasteiger partial charge in [-0.15, -0.1) is 0 Å². The van der Waals surface area contributed by atoms with E-state index in [1.165, 1.54) is 30.3 Å². The molecule has 0 aliphatic carbocycles. The van der Waals surface area contributed by atoms with E-state index in [0.29, 0.717) is 4.47 Å². The van der Waals surface area contributed by atoms with Crippen LogP contribution >= 0.6 is 27.5 Å². The Morgan fingerprint density at radius 1 is 1.09 bits per heavy atom. The molecule has 0 bridgehead atoms. The van der Waals surface area contributed by atoms with Crippen molar-refractivity contribution in [1.82, 2.24) is 0 Å². The fourth-order valence-electron chi connectivity index (χ4n) is 1.71. The molecule has 0 aliphatic rings. The molecule has 0 spiro atoms. The fraction of sp³-hybridized carbons (Fsp3) is 0.0769. The molecule has 0 radical (unpaired) electrons. The van der Waals surface area contributed by atoms with E-state index in [4.69, 9.17) is 11.6 Å². The van der Waals surface area contributed by atoms with Crippen LogP contribution in [-0.2, 0) is 16.2 Å². The minimum Gasteiger partial charge on any atom is -0.279 e. The molecule has 0 aliphatic heterocycles. The molecule has 3 nitrogen and oxygen atoms in total. The van der Waals surface area contributed by atoms with Gasteiger partial charge >= 0.3 is 6.18 Å². The Balaban J connectivity index is 2.46. The predicted molar refractivity (Wildman–Crippen MR) is 81.4 cm³/mol. The number of hydrogen-bond donors (Lipinski definition) is 1. The van der Waals surface area contributed by atoms with Crippen molar-refractivity contribution in [3.05, 3.63) is 57.5 Å². The summed E-state index contributed by atoms with van der Waals surface area (Å²) < 4.78 is 65.6. The van der Waals surface area contributed by atoms with Gasteiger partial charge in [0.1, 0.15) is 4.90 Å². The van der Waals surface area contributed by atoms with Crippen LogP contribution in [0.4, 0.5) is 18.9 Å². The number of para-hydroxylation sites is 1. The van der Waals surface area contributed by atoms with Gasteiger partial charge < -0.3 is 0 Å². The molecular weight excluding hydrogens is 407 g/mol. The van der Waals surface area contributed by atoms with Gasteiger partial charge in [-0.3, -0.25) is 4.72 Å². The smallest absolute Gasteiger partial charge is 0.279 e. The van der Waals surface area contributed by atoms with Crippen LogP contribution in [-0.4, -0.2) is 8.42 Å². The molecular formula is C13H8BrClF3NO2S. The predicted octanol–water partition coefficient (Wildman–Crippen LogP) is 4.92. The summed E-state index contributed by atoms with van der Waals surface area (Å²) >= 11 is 8.96. The number of hydrogen-bond acceptors (Lipinski definition) is 2. The van der Waals surface area contributed by atoms with Gasteiger partial charge in [-0.2, -0.15) is 13.2 Å². The summed E-state index contributed by atoms with van der Waals surface area (Å²) in [5, 5.41) is -0.105. The summed E-state index contributed by atoms with van der Waals surface area (Å²) in [5.74, 6) is 0. The third-order valence-corrected chi connectivity index (χ3v) is 5.00. The van der Waals surface area contributed by atoms with Gasteiger partial charge in [0.05, 0.1) is 16.3 Å². The van der Waals surface area contributed by atoms with Crippen molar-refractivity contribution in [2.75, 3.05) is 4.72 Å². The van der Waals surface area contributed by atoms with Gasteiger partial charge in [0.25, 0.3) is 10.0 Å². The van der Waals surface area contributed by atoms with Gasteiger partial charge in [-0.05, 0) is 30.3 Å². The van der Waals surface area contributed by atoms with Crippen LogP contribution < -0.4 is 4.72 Å². The molecule has 2 rings (SSSR count). The van der Waals surface area contributed by atoms with Gasteiger partial charge in [0, 0.05) is 4.47 Å². The van der Waals surface area contributed by atoms with Crippen molar-refractivity contribution in [3.8, 4) is 0 Å². The minimum atomic E-state index is -4.68. The molecule has 0 saturated carbocycles. The Bertz CT molecular complexity index is 809. The maximum absolute atomic E-state index is 12.9. The Hall–Kier alpha value is -1.25. The van der Waals surface area contributed by atoms with Crippen LogP contribution in [0, 0.1) is 0 Å². The second-order valence-electron chi connectivity index (χ2n) is 4.22. The Labute approximate surface area is 138 Å². The molecule has 0 aromatic heterocycles. The maximum atomic E-state index is 12.9. The van der Waals surface area contributed by atoms with Crippen molar-refractivity contribution in [3.63, 3.8) is 0 Å². The summed E-state index contributed by atoms with van der Waals surface area (Å²) in [5.41, 5.74) is -1.64. The molecule has 0 unspecified atom stereocenters. The van der Waals surface area contributed by atoms with E-state index in [0.717, 1.165) is 12.1 Å². The summed E-state index contributed by atoms with van der Waals surface area (Å²) in [6.45, 7) is 0. The van der Waals surface area contributed by atoms with Crippen LogP contribution in [0.3, 0.4) is 0 Å². The van der Waals surface area contributed by atoms with E-state index in [1.807, 2.05) is 4.72 Å².